The summed E-state index contributed by atoms with van der Waals surface area (Å²) in [6.45, 7) is 4.29. The predicted octanol–water partition coefficient (Wildman–Crippen LogP) is 4.78. The number of benzene rings is 2. The van der Waals surface area contributed by atoms with Gasteiger partial charge in [-0.3, -0.25) is 0 Å². The molecule has 0 bridgehead atoms. The van der Waals surface area contributed by atoms with Gasteiger partial charge in [0.25, 0.3) is 0 Å². The Labute approximate surface area is 164 Å². The third-order valence-electron chi connectivity index (χ3n) is 3.73. The first-order valence-corrected chi connectivity index (χ1v) is 10.1. The Balaban J connectivity index is 2.50. The molecular formula is C20H20ClNO4S. The smallest absolute Gasteiger partial charge is 0.216 e. The number of allylic oxidation sites excluding steroid dienone is 1. The molecule has 0 heterocycles. The number of rotatable bonds is 7. The van der Waals surface area contributed by atoms with Gasteiger partial charge in [-0.25, -0.2) is 8.42 Å². The van der Waals surface area contributed by atoms with Crippen LogP contribution in [0.25, 0.3) is 6.08 Å². The molecule has 2 aromatic carbocycles. The minimum atomic E-state index is -3.94. The third-order valence-corrected chi connectivity index (χ3v) is 5.69. The first-order chi connectivity index (χ1) is 12.8. The summed E-state index contributed by atoms with van der Waals surface area (Å²) in [4.78, 5) is -0.325. The van der Waals surface area contributed by atoms with E-state index in [1.165, 1.54) is 31.4 Å². The maximum Gasteiger partial charge on any atom is 0.216 e. The van der Waals surface area contributed by atoms with Crippen LogP contribution in [0.3, 0.4) is 0 Å². The minimum Gasteiger partial charge on any atom is -0.493 e. The van der Waals surface area contributed by atoms with Gasteiger partial charge in [-0.2, -0.15) is 5.26 Å². The van der Waals surface area contributed by atoms with E-state index in [1.54, 1.807) is 24.3 Å². The number of aryl methyl sites for hydroxylation is 1. The van der Waals surface area contributed by atoms with Gasteiger partial charge in [0.1, 0.15) is 11.0 Å². The highest BCUT2D eigenvalue weighted by Crippen LogP contribution is 2.37. The zero-order chi connectivity index (χ0) is 20.0. The molecular weight excluding hydrogens is 386 g/mol. The number of sulfone groups is 1. The molecule has 0 aliphatic heterocycles. The summed E-state index contributed by atoms with van der Waals surface area (Å²) in [5, 5.41) is 9.70. The van der Waals surface area contributed by atoms with Crippen molar-refractivity contribution in [3.63, 3.8) is 0 Å². The molecule has 0 unspecified atom stereocenters. The number of nitrogens with zero attached hydrogens (tertiary/aromatic N) is 1. The summed E-state index contributed by atoms with van der Waals surface area (Å²) in [7, 11) is -2.47. The largest absolute Gasteiger partial charge is 0.493 e. The number of halogens is 1. The van der Waals surface area contributed by atoms with Gasteiger partial charge in [-0.05, 0) is 49.2 Å². The molecule has 5 nitrogen and oxygen atoms in total. The summed E-state index contributed by atoms with van der Waals surface area (Å²) in [6, 6.07) is 11.2. The highest BCUT2D eigenvalue weighted by atomic mass is 35.5. The first-order valence-electron chi connectivity index (χ1n) is 8.27. The van der Waals surface area contributed by atoms with E-state index in [4.69, 9.17) is 21.1 Å². The highest BCUT2D eigenvalue weighted by molar-refractivity contribution is 7.95. The number of hydrogen-bond donors (Lipinski definition) is 0. The van der Waals surface area contributed by atoms with Crippen LogP contribution >= 0.6 is 11.6 Å². The van der Waals surface area contributed by atoms with Gasteiger partial charge in [-0.1, -0.05) is 36.2 Å². The molecule has 0 amide bonds. The van der Waals surface area contributed by atoms with E-state index in [9.17, 15) is 13.7 Å². The first kappa shape index (κ1) is 20.8. The number of ether oxygens (including phenoxy) is 2. The molecule has 2 aromatic rings. The van der Waals surface area contributed by atoms with Gasteiger partial charge >= 0.3 is 0 Å². The van der Waals surface area contributed by atoms with Crippen molar-refractivity contribution in [3.05, 3.63) is 57.5 Å². The fourth-order valence-corrected chi connectivity index (χ4v) is 3.77. The van der Waals surface area contributed by atoms with E-state index in [1.807, 2.05) is 13.8 Å². The lowest BCUT2D eigenvalue weighted by molar-refractivity contribution is 0.294. The van der Waals surface area contributed by atoms with Gasteiger partial charge in [0, 0.05) is 0 Å². The molecule has 0 aliphatic carbocycles. The van der Waals surface area contributed by atoms with E-state index < -0.39 is 9.84 Å². The Hall–Kier alpha value is -2.49. The second-order valence-electron chi connectivity index (χ2n) is 5.82. The van der Waals surface area contributed by atoms with Crippen molar-refractivity contribution >= 4 is 27.5 Å². The lowest BCUT2D eigenvalue weighted by Crippen LogP contribution is -2.04. The van der Waals surface area contributed by atoms with Gasteiger partial charge < -0.3 is 9.47 Å². The van der Waals surface area contributed by atoms with Crippen LogP contribution in [0.15, 0.2) is 46.2 Å². The van der Waals surface area contributed by atoms with E-state index in [0.29, 0.717) is 23.7 Å². The monoisotopic (exact) mass is 405 g/mol. The Morgan fingerprint density at radius 3 is 2.48 bits per heavy atom. The molecule has 0 atom stereocenters. The molecule has 27 heavy (non-hydrogen) atoms. The van der Waals surface area contributed by atoms with Crippen LogP contribution in [0.2, 0.25) is 5.02 Å². The highest BCUT2D eigenvalue weighted by Gasteiger charge is 2.21. The van der Waals surface area contributed by atoms with Crippen molar-refractivity contribution in [2.45, 2.75) is 25.2 Å². The Morgan fingerprint density at radius 2 is 1.93 bits per heavy atom. The van der Waals surface area contributed by atoms with Crippen LogP contribution < -0.4 is 9.47 Å². The molecule has 0 saturated carbocycles. The SMILES string of the molecule is CCCOc1c(Cl)cc(/C=C(\C#N)S(=O)(=O)c2ccc(C)cc2)cc1OC. The molecule has 0 saturated heterocycles. The van der Waals surface area contributed by atoms with Crippen molar-refractivity contribution in [2.75, 3.05) is 13.7 Å². The molecule has 0 spiro atoms. The van der Waals surface area contributed by atoms with Crippen LogP contribution in [-0.2, 0) is 9.84 Å². The quantitative estimate of drug-likeness (QED) is 0.619. The molecule has 0 aromatic heterocycles. The third kappa shape index (κ3) is 4.82. The van der Waals surface area contributed by atoms with Crippen molar-refractivity contribution in [1.82, 2.24) is 0 Å². The van der Waals surface area contributed by atoms with E-state index in [0.717, 1.165) is 12.0 Å². The molecule has 0 N–H and O–H groups in total. The second-order valence-corrected chi connectivity index (χ2v) is 8.14. The number of nitriles is 1. The van der Waals surface area contributed by atoms with Crippen LogP contribution in [0.5, 0.6) is 11.5 Å². The average Bonchev–Trinajstić information content (AvgIpc) is 2.65. The number of methoxy groups -OCH3 is 1. The van der Waals surface area contributed by atoms with Gasteiger partial charge in [0.2, 0.25) is 9.84 Å². The van der Waals surface area contributed by atoms with E-state index in [-0.39, 0.29) is 14.8 Å². The molecule has 7 heteroatoms. The summed E-state index contributed by atoms with van der Waals surface area (Å²) in [5.41, 5.74) is 1.35. The Bertz CT molecular complexity index is 990. The zero-order valence-electron chi connectivity index (χ0n) is 15.3. The Morgan fingerprint density at radius 1 is 1.26 bits per heavy atom. The van der Waals surface area contributed by atoms with Crippen molar-refractivity contribution in [3.8, 4) is 17.6 Å². The molecule has 2 rings (SSSR count). The molecule has 0 fully saturated rings. The van der Waals surface area contributed by atoms with Crippen LogP contribution in [0.4, 0.5) is 0 Å². The topological polar surface area (TPSA) is 76.4 Å². The van der Waals surface area contributed by atoms with Crippen molar-refractivity contribution in [2.24, 2.45) is 0 Å². The predicted molar refractivity (Wildman–Crippen MR) is 106 cm³/mol. The summed E-state index contributed by atoms with van der Waals surface area (Å²) in [5.74, 6) is 0.755. The van der Waals surface area contributed by atoms with Crippen molar-refractivity contribution < 1.29 is 17.9 Å². The maximum atomic E-state index is 12.7. The van der Waals surface area contributed by atoms with Gasteiger partial charge in [0.05, 0.1) is 23.6 Å². The lowest BCUT2D eigenvalue weighted by Gasteiger charge is -2.13. The van der Waals surface area contributed by atoms with E-state index in [2.05, 4.69) is 0 Å². The number of hydrogen-bond acceptors (Lipinski definition) is 5. The van der Waals surface area contributed by atoms with Gasteiger partial charge in [0.15, 0.2) is 11.5 Å². The normalized spacial score (nSPS) is 11.7. The summed E-state index contributed by atoms with van der Waals surface area (Å²) < 4.78 is 36.4. The van der Waals surface area contributed by atoms with E-state index >= 15 is 0 Å². The summed E-state index contributed by atoms with van der Waals surface area (Å²) >= 11 is 6.26. The van der Waals surface area contributed by atoms with Crippen molar-refractivity contribution in [1.29, 1.82) is 5.26 Å². The zero-order valence-corrected chi connectivity index (χ0v) is 16.9. The standard InChI is InChI=1S/C20H20ClNO4S/c1-4-9-26-20-18(21)11-15(12-19(20)25-3)10-17(13-22)27(23,24)16-7-5-14(2)6-8-16/h5-8,10-12H,4,9H2,1-3H3/b17-10+. The van der Waals surface area contributed by atoms with Gasteiger partial charge in [-0.15, -0.1) is 0 Å². The Kier molecular flexibility index (Phi) is 6.89. The van der Waals surface area contributed by atoms with Crippen LogP contribution in [0, 0.1) is 18.3 Å². The fourth-order valence-electron chi connectivity index (χ4n) is 2.33. The van der Waals surface area contributed by atoms with Crippen LogP contribution in [-0.4, -0.2) is 22.1 Å². The summed E-state index contributed by atoms with van der Waals surface area (Å²) in [6.07, 6.45) is 2.07. The molecule has 0 aliphatic rings. The minimum absolute atomic E-state index is 0.0573. The lowest BCUT2D eigenvalue weighted by atomic mass is 10.2. The average molecular weight is 406 g/mol. The molecule has 0 radical (unpaired) electrons. The fraction of sp³-hybridized carbons (Fsp3) is 0.250. The molecule has 142 valence electrons. The van der Waals surface area contributed by atoms with Crippen LogP contribution in [0.1, 0.15) is 24.5 Å². The second kappa shape index (κ2) is 8.94. The maximum absolute atomic E-state index is 12.7.